The zero-order valence-electron chi connectivity index (χ0n) is 11.9. The van der Waals surface area contributed by atoms with E-state index in [-0.39, 0.29) is 10.9 Å². The van der Waals surface area contributed by atoms with Crippen molar-refractivity contribution < 1.29 is 13.2 Å². The van der Waals surface area contributed by atoms with Gasteiger partial charge in [0.1, 0.15) is 5.75 Å². The minimum atomic E-state index is -3.64. The number of anilines is 1. The van der Waals surface area contributed by atoms with Crippen molar-refractivity contribution in [1.29, 1.82) is 0 Å². The van der Waals surface area contributed by atoms with Crippen LogP contribution in [0.25, 0.3) is 0 Å². The van der Waals surface area contributed by atoms with E-state index in [0.29, 0.717) is 11.4 Å². The number of nitrogens with one attached hydrogen (secondary N) is 1. The molecule has 2 rings (SSSR count). The monoisotopic (exact) mass is 306 g/mol. The Kier molecular flexibility index (Phi) is 4.50. The average molecular weight is 306 g/mol. The summed E-state index contributed by atoms with van der Waals surface area (Å²) in [4.78, 5) is 0.122. The van der Waals surface area contributed by atoms with Crippen LogP contribution in [0.15, 0.2) is 53.4 Å². The van der Waals surface area contributed by atoms with E-state index in [1.54, 1.807) is 6.92 Å². The first-order valence-electron chi connectivity index (χ1n) is 6.45. The zero-order chi connectivity index (χ0) is 15.5. The lowest BCUT2D eigenvalue weighted by molar-refractivity contribution is 0.415. The molecule has 0 bridgehead atoms. The van der Waals surface area contributed by atoms with Crippen molar-refractivity contribution in [3.05, 3.63) is 54.1 Å². The van der Waals surface area contributed by atoms with Gasteiger partial charge in [0.15, 0.2) is 0 Å². The van der Waals surface area contributed by atoms with Crippen molar-refractivity contribution in [2.45, 2.75) is 17.9 Å². The molecule has 2 aromatic rings. The van der Waals surface area contributed by atoms with Crippen LogP contribution in [0.3, 0.4) is 0 Å². The van der Waals surface area contributed by atoms with Crippen LogP contribution >= 0.6 is 0 Å². The van der Waals surface area contributed by atoms with E-state index in [2.05, 4.69) is 4.72 Å². The Labute approximate surface area is 124 Å². The summed E-state index contributed by atoms with van der Waals surface area (Å²) in [5.41, 5.74) is 6.98. The molecule has 0 aliphatic heterocycles. The largest absolute Gasteiger partial charge is 0.495 e. The second kappa shape index (κ2) is 6.15. The van der Waals surface area contributed by atoms with E-state index in [4.69, 9.17) is 10.5 Å². The van der Waals surface area contributed by atoms with Crippen LogP contribution in [0, 0.1) is 0 Å². The molecule has 0 saturated carbocycles. The van der Waals surface area contributed by atoms with Crippen LogP contribution in [0.5, 0.6) is 5.75 Å². The lowest BCUT2D eigenvalue weighted by atomic mass is 10.1. The molecule has 6 heteroatoms. The van der Waals surface area contributed by atoms with E-state index in [1.807, 2.05) is 30.3 Å². The van der Waals surface area contributed by atoms with E-state index in [0.717, 1.165) is 5.56 Å². The lowest BCUT2D eigenvalue weighted by Crippen LogP contribution is -2.26. The zero-order valence-corrected chi connectivity index (χ0v) is 12.7. The summed E-state index contributed by atoms with van der Waals surface area (Å²) >= 11 is 0. The molecular formula is C15H18N2O3S. The van der Waals surface area contributed by atoms with Crippen LogP contribution < -0.4 is 15.2 Å². The molecule has 112 valence electrons. The van der Waals surface area contributed by atoms with Gasteiger partial charge in [0.05, 0.1) is 17.7 Å². The van der Waals surface area contributed by atoms with Crippen LogP contribution in [-0.2, 0) is 10.0 Å². The molecule has 0 fully saturated rings. The molecule has 0 saturated heterocycles. The van der Waals surface area contributed by atoms with Gasteiger partial charge in [-0.05, 0) is 24.6 Å². The Morgan fingerprint density at radius 1 is 1.14 bits per heavy atom. The number of nitrogens with two attached hydrogens (primary N) is 1. The number of benzene rings is 2. The normalized spacial score (nSPS) is 12.9. The molecule has 2 aromatic carbocycles. The molecule has 0 unspecified atom stereocenters. The minimum Gasteiger partial charge on any atom is -0.495 e. The number of hydrogen-bond donors (Lipinski definition) is 2. The van der Waals surface area contributed by atoms with E-state index in [1.165, 1.54) is 25.3 Å². The summed E-state index contributed by atoms with van der Waals surface area (Å²) in [7, 11) is -2.20. The third-order valence-electron chi connectivity index (χ3n) is 3.15. The fourth-order valence-electron chi connectivity index (χ4n) is 1.97. The third kappa shape index (κ3) is 3.53. The maximum Gasteiger partial charge on any atom is 0.241 e. The fraction of sp³-hybridized carbons (Fsp3) is 0.200. The van der Waals surface area contributed by atoms with Gasteiger partial charge in [-0.15, -0.1) is 0 Å². The smallest absolute Gasteiger partial charge is 0.241 e. The highest BCUT2D eigenvalue weighted by atomic mass is 32.2. The number of hydrogen-bond acceptors (Lipinski definition) is 4. The summed E-state index contributed by atoms with van der Waals surface area (Å²) in [5.74, 6) is 0.338. The molecule has 0 aromatic heterocycles. The predicted octanol–water partition coefficient (Wildman–Crippen LogP) is 2.32. The Balaban J connectivity index is 2.26. The summed E-state index contributed by atoms with van der Waals surface area (Å²) in [5, 5.41) is 0. The van der Waals surface area contributed by atoms with Crippen LogP contribution in [0.4, 0.5) is 5.69 Å². The first kappa shape index (κ1) is 15.3. The first-order chi connectivity index (χ1) is 9.94. The van der Waals surface area contributed by atoms with Gasteiger partial charge in [-0.2, -0.15) is 0 Å². The molecule has 0 aliphatic rings. The summed E-state index contributed by atoms with van der Waals surface area (Å²) in [6.45, 7) is 1.79. The molecule has 1 atom stereocenters. The molecule has 0 radical (unpaired) electrons. The molecule has 3 N–H and O–H groups in total. The number of rotatable bonds is 5. The fourth-order valence-corrected chi connectivity index (χ4v) is 3.22. The number of ether oxygens (including phenoxy) is 1. The Morgan fingerprint density at radius 2 is 1.81 bits per heavy atom. The minimum absolute atomic E-state index is 0.122. The SMILES string of the molecule is COc1cc(S(=O)(=O)N[C@H](C)c2ccccc2)ccc1N. The van der Waals surface area contributed by atoms with Crippen LogP contribution in [-0.4, -0.2) is 15.5 Å². The van der Waals surface area contributed by atoms with Gasteiger partial charge in [-0.1, -0.05) is 30.3 Å². The maximum atomic E-state index is 12.4. The standard InChI is InChI=1S/C15H18N2O3S/c1-11(12-6-4-3-5-7-12)17-21(18,19)13-8-9-14(16)15(10-13)20-2/h3-11,17H,16H2,1-2H3/t11-/m1/s1. The number of methoxy groups -OCH3 is 1. The van der Waals surface area contributed by atoms with Gasteiger partial charge in [-0.3, -0.25) is 0 Å². The van der Waals surface area contributed by atoms with Gasteiger partial charge in [0, 0.05) is 12.1 Å². The van der Waals surface area contributed by atoms with Crippen molar-refractivity contribution in [2.24, 2.45) is 0 Å². The van der Waals surface area contributed by atoms with Crippen molar-refractivity contribution in [3.63, 3.8) is 0 Å². The summed E-state index contributed by atoms with van der Waals surface area (Å²) in [6, 6.07) is 13.4. The molecule has 21 heavy (non-hydrogen) atoms. The molecule has 0 amide bonds. The molecular weight excluding hydrogens is 288 g/mol. The van der Waals surface area contributed by atoms with E-state index in [9.17, 15) is 8.42 Å². The van der Waals surface area contributed by atoms with Crippen molar-refractivity contribution in [1.82, 2.24) is 4.72 Å². The highest BCUT2D eigenvalue weighted by molar-refractivity contribution is 7.89. The number of nitrogen functional groups attached to an aromatic ring is 1. The van der Waals surface area contributed by atoms with Gasteiger partial charge in [0.25, 0.3) is 0 Å². The molecule has 0 spiro atoms. The third-order valence-corrected chi connectivity index (χ3v) is 4.69. The van der Waals surface area contributed by atoms with Gasteiger partial charge in [0.2, 0.25) is 10.0 Å². The van der Waals surface area contributed by atoms with Crippen LogP contribution in [0.1, 0.15) is 18.5 Å². The molecule has 0 aliphatic carbocycles. The van der Waals surface area contributed by atoms with E-state index < -0.39 is 10.0 Å². The second-order valence-corrected chi connectivity index (χ2v) is 6.37. The number of sulfonamides is 1. The molecule has 5 nitrogen and oxygen atoms in total. The van der Waals surface area contributed by atoms with Gasteiger partial charge in [-0.25, -0.2) is 13.1 Å². The van der Waals surface area contributed by atoms with Gasteiger partial charge < -0.3 is 10.5 Å². The van der Waals surface area contributed by atoms with Crippen molar-refractivity contribution in [2.75, 3.05) is 12.8 Å². The Morgan fingerprint density at radius 3 is 2.43 bits per heavy atom. The van der Waals surface area contributed by atoms with Crippen molar-refractivity contribution >= 4 is 15.7 Å². The topological polar surface area (TPSA) is 81.4 Å². The summed E-state index contributed by atoms with van der Waals surface area (Å²) < 4.78 is 32.5. The van der Waals surface area contributed by atoms with E-state index >= 15 is 0 Å². The predicted molar refractivity (Wildman–Crippen MR) is 82.6 cm³/mol. The molecule has 0 heterocycles. The van der Waals surface area contributed by atoms with Gasteiger partial charge >= 0.3 is 0 Å². The van der Waals surface area contributed by atoms with Crippen LogP contribution in [0.2, 0.25) is 0 Å². The van der Waals surface area contributed by atoms with Crippen molar-refractivity contribution in [3.8, 4) is 5.75 Å². The first-order valence-corrected chi connectivity index (χ1v) is 7.93. The maximum absolute atomic E-state index is 12.4. The highest BCUT2D eigenvalue weighted by Gasteiger charge is 2.19. The average Bonchev–Trinajstić information content (AvgIpc) is 2.48. The Hall–Kier alpha value is -2.05. The summed E-state index contributed by atoms with van der Waals surface area (Å²) in [6.07, 6.45) is 0. The lowest BCUT2D eigenvalue weighted by Gasteiger charge is -2.15. The highest BCUT2D eigenvalue weighted by Crippen LogP contribution is 2.25. The second-order valence-electron chi connectivity index (χ2n) is 4.66. The quantitative estimate of drug-likeness (QED) is 0.831. The Bertz CT molecular complexity index is 715.